The van der Waals surface area contributed by atoms with Crippen LogP contribution in [0.1, 0.15) is 18.2 Å². The van der Waals surface area contributed by atoms with Crippen LogP contribution in [0, 0.1) is 0 Å². The summed E-state index contributed by atoms with van der Waals surface area (Å²) in [6, 6.07) is 9.84. The van der Waals surface area contributed by atoms with Gasteiger partial charge in [-0.1, -0.05) is 23.7 Å². The minimum atomic E-state index is 0.617. The fourth-order valence-corrected chi connectivity index (χ4v) is 2.52. The molecule has 102 valence electrons. The number of anilines is 1. The van der Waals surface area contributed by atoms with Gasteiger partial charge in [-0.3, -0.25) is 0 Å². The van der Waals surface area contributed by atoms with Crippen LogP contribution in [-0.2, 0) is 13.0 Å². The summed E-state index contributed by atoms with van der Waals surface area (Å²) < 4.78 is 5.42. The van der Waals surface area contributed by atoms with E-state index in [1.807, 2.05) is 24.3 Å². The van der Waals surface area contributed by atoms with Crippen molar-refractivity contribution in [3.05, 3.63) is 52.9 Å². The molecule has 2 aromatic rings. The number of nitrogens with zero attached hydrogens (tertiary/aromatic N) is 1. The highest BCUT2D eigenvalue weighted by Gasteiger charge is 2.14. The Balaban J connectivity index is 2.31. The highest BCUT2D eigenvalue weighted by Crippen LogP contribution is 2.31. The van der Waals surface area contributed by atoms with Gasteiger partial charge in [0.25, 0.3) is 0 Å². The Kier molecular flexibility index (Phi) is 4.88. The zero-order valence-electron chi connectivity index (χ0n) is 11.1. The molecule has 0 aliphatic heterocycles. The molecular formula is C15H19ClN2O. The summed E-state index contributed by atoms with van der Waals surface area (Å²) in [6.07, 6.45) is 2.51. The Morgan fingerprint density at radius 1 is 1.26 bits per heavy atom. The van der Waals surface area contributed by atoms with E-state index in [4.69, 9.17) is 21.8 Å². The standard InChI is InChI=1S/C15H19ClN2O/c1-2-18(11-13-6-4-10-19-13)15-12(8-9-17)5-3-7-14(15)16/h3-7,10H,2,8-9,11,17H2,1H3. The molecule has 0 saturated heterocycles. The highest BCUT2D eigenvalue weighted by atomic mass is 35.5. The summed E-state index contributed by atoms with van der Waals surface area (Å²) in [5.41, 5.74) is 7.92. The molecule has 4 heteroatoms. The Labute approximate surface area is 119 Å². The van der Waals surface area contributed by atoms with E-state index < -0.39 is 0 Å². The SMILES string of the molecule is CCN(Cc1ccco1)c1c(Cl)cccc1CCN. The maximum absolute atomic E-state index is 6.37. The normalized spacial score (nSPS) is 10.7. The van der Waals surface area contributed by atoms with Gasteiger partial charge in [0.1, 0.15) is 5.76 Å². The van der Waals surface area contributed by atoms with E-state index >= 15 is 0 Å². The molecule has 2 rings (SSSR count). The van der Waals surface area contributed by atoms with Gasteiger partial charge in [-0.15, -0.1) is 0 Å². The summed E-state index contributed by atoms with van der Waals surface area (Å²) in [4.78, 5) is 2.21. The van der Waals surface area contributed by atoms with Gasteiger partial charge >= 0.3 is 0 Å². The molecule has 1 aromatic carbocycles. The van der Waals surface area contributed by atoms with Crippen molar-refractivity contribution in [2.75, 3.05) is 18.0 Å². The van der Waals surface area contributed by atoms with Crippen LogP contribution in [-0.4, -0.2) is 13.1 Å². The van der Waals surface area contributed by atoms with Gasteiger partial charge in [-0.2, -0.15) is 0 Å². The predicted molar refractivity (Wildman–Crippen MR) is 79.6 cm³/mol. The maximum Gasteiger partial charge on any atom is 0.123 e. The molecule has 19 heavy (non-hydrogen) atoms. The van der Waals surface area contributed by atoms with Crippen LogP contribution in [0.15, 0.2) is 41.0 Å². The van der Waals surface area contributed by atoms with E-state index in [-0.39, 0.29) is 0 Å². The van der Waals surface area contributed by atoms with Crippen molar-refractivity contribution in [3.63, 3.8) is 0 Å². The number of para-hydroxylation sites is 1. The Bertz CT molecular complexity index is 511. The van der Waals surface area contributed by atoms with Crippen molar-refractivity contribution in [3.8, 4) is 0 Å². The van der Waals surface area contributed by atoms with E-state index in [2.05, 4.69) is 17.9 Å². The topological polar surface area (TPSA) is 42.4 Å². The third kappa shape index (κ3) is 3.31. The molecule has 0 bridgehead atoms. The van der Waals surface area contributed by atoms with Crippen LogP contribution >= 0.6 is 11.6 Å². The van der Waals surface area contributed by atoms with Gasteiger partial charge in [0.2, 0.25) is 0 Å². The molecule has 0 spiro atoms. The number of halogens is 1. The largest absolute Gasteiger partial charge is 0.467 e. The monoisotopic (exact) mass is 278 g/mol. The zero-order chi connectivity index (χ0) is 13.7. The number of benzene rings is 1. The van der Waals surface area contributed by atoms with Gasteiger partial charge < -0.3 is 15.1 Å². The van der Waals surface area contributed by atoms with E-state index in [1.54, 1.807) is 6.26 Å². The molecule has 0 atom stereocenters. The fraction of sp³-hybridized carbons (Fsp3) is 0.333. The van der Waals surface area contributed by atoms with Gasteiger partial charge in [0, 0.05) is 6.54 Å². The molecule has 1 aromatic heterocycles. The lowest BCUT2D eigenvalue weighted by molar-refractivity contribution is 0.503. The van der Waals surface area contributed by atoms with Crippen LogP contribution < -0.4 is 10.6 Å². The molecular weight excluding hydrogens is 260 g/mol. The van der Waals surface area contributed by atoms with Gasteiger partial charge in [-0.05, 0) is 43.7 Å². The van der Waals surface area contributed by atoms with Crippen LogP contribution in [0.4, 0.5) is 5.69 Å². The summed E-state index contributed by atoms with van der Waals surface area (Å²) >= 11 is 6.37. The van der Waals surface area contributed by atoms with Gasteiger partial charge in [0.05, 0.1) is 23.5 Å². The van der Waals surface area contributed by atoms with E-state index in [0.717, 1.165) is 29.4 Å². The molecule has 0 aliphatic rings. The second-order valence-corrected chi connectivity index (χ2v) is 4.79. The van der Waals surface area contributed by atoms with Crippen molar-refractivity contribution in [2.45, 2.75) is 19.9 Å². The molecule has 0 amide bonds. The summed E-state index contributed by atoms with van der Waals surface area (Å²) in [5, 5.41) is 0.763. The van der Waals surface area contributed by atoms with Crippen molar-refractivity contribution in [2.24, 2.45) is 5.73 Å². The third-order valence-electron chi connectivity index (χ3n) is 3.11. The molecule has 0 saturated carbocycles. The lowest BCUT2D eigenvalue weighted by Crippen LogP contribution is -2.24. The molecule has 0 aliphatic carbocycles. The van der Waals surface area contributed by atoms with Crippen LogP contribution in [0.25, 0.3) is 0 Å². The average molecular weight is 279 g/mol. The number of furan rings is 1. The Morgan fingerprint density at radius 3 is 2.74 bits per heavy atom. The number of hydrogen-bond donors (Lipinski definition) is 1. The maximum atomic E-state index is 6.37. The third-order valence-corrected chi connectivity index (χ3v) is 3.41. The quantitative estimate of drug-likeness (QED) is 0.880. The lowest BCUT2D eigenvalue weighted by Gasteiger charge is -2.26. The van der Waals surface area contributed by atoms with E-state index in [1.165, 1.54) is 5.56 Å². The predicted octanol–water partition coefficient (Wildman–Crippen LogP) is 3.46. The Hall–Kier alpha value is -1.45. The first-order valence-electron chi connectivity index (χ1n) is 6.51. The average Bonchev–Trinajstić information content (AvgIpc) is 2.90. The summed E-state index contributed by atoms with van der Waals surface area (Å²) in [5.74, 6) is 0.931. The Morgan fingerprint density at radius 2 is 2.11 bits per heavy atom. The zero-order valence-corrected chi connectivity index (χ0v) is 11.9. The number of hydrogen-bond acceptors (Lipinski definition) is 3. The molecule has 0 fully saturated rings. The van der Waals surface area contributed by atoms with Crippen LogP contribution in [0.5, 0.6) is 0 Å². The highest BCUT2D eigenvalue weighted by molar-refractivity contribution is 6.33. The van der Waals surface area contributed by atoms with Crippen molar-refractivity contribution >= 4 is 17.3 Å². The molecule has 0 unspecified atom stereocenters. The minimum absolute atomic E-state index is 0.617. The van der Waals surface area contributed by atoms with Gasteiger partial charge in [-0.25, -0.2) is 0 Å². The minimum Gasteiger partial charge on any atom is -0.467 e. The molecule has 0 radical (unpaired) electrons. The van der Waals surface area contributed by atoms with E-state index in [0.29, 0.717) is 13.1 Å². The van der Waals surface area contributed by atoms with E-state index in [9.17, 15) is 0 Å². The van der Waals surface area contributed by atoms with Crippen LogP contribution in [0.2, 0.25) is 5.02 Å². The molecule has 2 N–H and O–H groups in total. The first kappa shape index (κ1) is 14.0. The fourth-order valence-electron chi connectivity index (χ4n) is 2.21. The lowest BCUT2D eigenvalue weighted by atomic mass is 10.1. The van der Waals surface area contributed by atoms with Crippen LogP contribution in [0.3, 0.4) is 0 Å². The first-order chi connectivity index (χ1) is 9.26. The smallest absolute Gasteiger partial charge is 0.123 e. The second-order valence-electron chi connectivity index (χ2n) is 4.38. The summed E-state index contributed by atoms with van der Waals surface area (Å²) in [6.45, 7) is 4.30. The number of rotatable bonds is 6. The summed E-state index contributed by atoms with van der Waals surface area (Å²) in [7, 11) is 0. The number of nitrogens with two attached hydrogens (primary N) is 1. The molecule has 3 nitrogen and oxygen atoms in total. The molecule has 1 heterocycles. The van der Waals surface area contributed by atoms with Crippen molar-refractivity contribution < 1.29 is 4.42 Å². The first-order valence-corrected chi connectivity index (χ1v) is 6.88. The van der Waals surface area contributed by atoms with Crippen molar-refractivity contribution in [1.82, 2.24) is 0 Å². The van der Waals surface area contributed by atoms with Gasteiger partial charge in [0.15, 0.2) is 0 Å². The van der Waals surface area contributed by atoms with Crippen molar-refractivity contribution in [1.29, 1.82) is 0 Å². The second kappa shape index (κ2) is 6.64.